The van der Waals surface area contributed by atoms with Gasteiger partial charge in [-0.2, -0.15) is 0 Å². The summed E-state index contributed by atoms with van der Waals surface area (Å²) < 4.78 is 5.26. The van der Waals surface area contributed by atoms with Crippen LogP contribution in [0.5, 0.6) is 0 Å². The molecule has 1 aliphatic rings. The van der Waals surface area contributed by atoms with Crippen molar-refractivity contribution in [2.75, 3.05) is 20.1 Å². The Kier molecular flexibility index (Phi) is 4.83. The number of rotatable bonds is 6. The van der Waals surface area contributed by atoms with Crippen LogP contribution in [0.25, 0.3) is 0 Å². The second kappa shape index (κ2) is 6.41. The number of nitrogens with zero attached hydrogens (tertiary/aromatic N) is 1. The van der Waals surface area contributed by atoms with Crippen molar-refractivity contribution in [1.29, 1.82) is 0 Å². The molecule has 20 heavy (non-hydrogen) atoms. The second-order valence-corrected chi connectivity index (χ2v) is 5.91. The maximum Gasteiger partial charge on any atom is 0.234 e. The first-order valence-corrected chi connectivity index (χ1v) is 7.22. The standard InChI is InChI=1S/C15H24N2O3/c1-12(13-6-5-9-20-13)16-14(18)10-17(2)11-15(19)7-3-4-8-15/h5-6,9,12,19H,3-4,7-8,10-11H2,1-2H3,(H,16,18). The molecule has 0 bridgehead atoms. The number of carbonyl (C=O) groups is 1. The average molecular weight is 280 g/mol. The van der Waals surface area contributed by atoms with Gasteiger partial charge in [0.15, 0.2) is 0 Å². The van der Waals surface area contributed by atoms with Crippen LogP contribution in [-0.2, 0) is 4.79 Å². The summed E-state index contributed by atoms with van der Waals surface area (Å²) in [5, 5.41) is 13.2. The fourth-order valence-electron chi connectivity index (χ4n) is 2.89. The van der Waals surface area contributed by atoms with Crippen LogP contribution in [0.2, 0.25) is 0 Å². The monoisotopic (exact) mass is 280 g/mol. The van der Waals surface area contributed by atoms with Crippen LogP contribution in [-0.4, -0.2) is 41.7 Å². The predicted octanol–water partition coefficient (Wildman–Crippen LogP) is 1.69. The lowest BCUT2D eigenvalue weighted by Crippen LogP contribution is -2.44. The quantitative estimate of drug-likeness (QED) is 0.832. The maximum absolute atomic E-state index is 12.0. The Morgan fingerprint density at radius 1 is 1.55 bits per heavy atom. The van der Waals surface area contributed by atoms with E-state index in [2.05, 4.69) is 5.32 Å². The smallest absolute Gasteiger partial charge is 0.234 e. The van der Waals surface area contributed by atoms with E-state index in [1.54, 1.807) is 12.3 Å². The number of hydrogen-bond donors (Lipinski definition) is 2. The van der Waals surface area contributed by atoms with Gasteiger partial charge in [0.05, 0.1) is 24.5 Å². The molecule has 1 unspecified atom stereocenters. The van der Waals surface area contributed by atoms with Crippen LogP contribution in [0.1, 0.15) is 44.4 Å². The van der Waals surface area contributed by atoms with E-state index in [-0.39, 0.29) is 18.5 Å². The Labute approximate surface area is 119 Å². The molecule has 112 valence electrons. The molecule has 1 aromatic heterocycles. The van der Waals surface area contributed by atoms with Crippen molar-refractivity contribution in [3.8, 4) is 0 Å². The summed E-state index contributed by atoms with van der Waals surface area (Å²) in [5.74, 6) is 0.688. The number of hydrogen-bond acceptors (Lipinski definition) is 4. The molecule has 2 N–H and O–H groups in total. The summed E-state index contributed by atoms with van der Waals surface area (Å²) in [7, 11) is 1.87. The predicted molar refractivity (Wildman–Crippen MR) is 76.2 cm³/mol. The second-order valence-electron chi connectivity index (χ2n) is 5.91. The summed E-state index contributed by atoms with van der Waals surface area (Å²) in [4.78, 5) is 13.8. The number of amides is 1. The lowest BCUT2D eigenvalue weighted by atomic mass is 10.0. The van der Waals surface area contributed by atoms with Crippen molar-refractivity contribution >= 4 is 5.91 Å². The van der Waals surface area contributed by atoms with Gasteiger partial charge in [-0.25, -0.2) is 0 Å². The van der Waals surface area contributed by atoms with E-state index in [9.17, 15) is 9.90 Å². The van der Waals surface area contributed by atoms with Gasteiger partial charge < -0.3 is 14.8 Å². The van der Waals surface area contributed by atoms with Crippen LogP contribution in [0.4, 0.5) is 0 Å². The fourth-order valence-corrected chi connectivity index (χ4v) is 2.89. The molecule has 5 nitrogen and oxygen atoms in total. The molecule has 1 saturated carbocycles. The highest BCUT2D eigenvalue weighted by Gasteiger charge is 2.32. The Bertz CT molecular complexity index is 424. The van der Waals surface area contributed by atoms with E-state index >= 15 is 0 Å². The molecule has 2 rings (SSSR count). The van der Waals surface area contributed by atoms with Gasteiger partial charge in [0.2, 0.25) is 5.91 Å². The molecule has 1 heterocycles. The minimum absolute atomic E-state index is 0.0574. The van der Waals surface area contributed by atoms with Crippen molar-refractivity contribution in [1.82, 2.24) is 10.2 Å². The van der Waals surface area contributed by atoms with E-state index in [1.165, 1.54) is 0 Å². The molecular weight excluding hydrogens is 256 g/mol. The maximum atomic E-state index is 12.0. The van der Waals surface area contributed by atoms with Crippen LogP contribution in [0, 0.1) is 0 Å². The summed E-state index contributed by atoms with van der Waals surface area (Å²) in [6.45, 7) is 2.73. The summed E-state index contributed by atoms with van der Waals surface area (Å²) in [6.07, 6.45) is 5.42. The van der Waals surface area contributed by atoms with Gasteiger partial charge >= 0.3 is 0 Å². The van der Waals surface area contributed by atoms with Crippen LogP contribution in [0.3, 0.4) is 0 Å². The van der Waals surface area contributed by atoms with Gasteiger partial charge in [0.1, 0.15) is 5.76 Å². The van der Waals surface area contributed by atoms with Crippen molar-refractivity contribution in [3.63, 3.8) is 0 Å². The van der Waals surface area contributed by atoms with Gasteiger partial charge in [0, 0.05) is 6.54 Å². The normalized spacial score (nSPS) is 19.2. The number of furan rings is 1. The molecule has 1 atom stereocenters. The topological polar surface area (TPSA) is 65.7 Å². The Morgan fingerprint density at radius 3 is 2.85 bits per heavy atom. The van der Waals surface area contributed by atoms with Gasteiger partial charge in [0.25, 0.3) is 0 Å². The van der Waals surface area contributed by atoms with E-state index in [1.807, 2.05) is 24.9 Å². The van der Waals surface area contributed by atoms with Crippen molar-refractivity contribution in [2.24, 2.45) is 0 Å². The molecule has 1 aromatic rings. The van der Waals surface area contributed by atoms with E-state index in [0.29, 0.717) is 6.54 Å². The molecule has 0 spiro atoms. The first-order valence-electron chi connectivity index (χ1n) is 7.22. The molecule has 0 aliphatic heterocycles. The van der Waals surface area contributed by atoms with Crippen LogP contribution in [0.15, 0.2) is 22.8 Å². The number of carbonyl (C=O) groups excluding carboxylic acids is 1. The molecular formula is C15H24N2O3. The zero-order valence-corrected chi connectivity index (χ0v) is 12.3. The van der Waals surface area contributed by atoms with Crippen LogP contribution >= 0.6 is 0 Å². The SMILES string of the molecule is CC(NC(=O)CN(C)CC1(O)CCCC1)c1ccco1. The first kappa shape index (κ1) is 15.1. The average Bonchev–Trinajstić information content (AvgIpc) is 2.99. The Morgan fingerprint density at radius 2 is 2.25 bits per heavy atom. The van der Waals surface area contributed by atoms with Crippen molar-refractivity contribution in [2.45, 2.75) is 44.2 Å². The largest absolute Gasteiger partial charge is 0.467 e. The summed E-state index contributed by atoms with van der Waals surface area (Å²) >= 11 is 0. The lowest BCUT2D eigenvalue weighted by Gasteiger charge is -2.28. The molecule has 1 fully saturated rings. The molecule has 0 saturated heterocycles. The number of nitrogens with one attached hydrogen (secondary N) is 1. The fraction of sp³-hybridized carbons (Fsp3) is 0.667. The van der Waals surface area contributed by atoms with E-state index in [4.69, 9.17) is 4.42 Å². The zero-order chi connectivity index (χ0) is 14.6. The van der Waals surface area contributed by atoms with Crippen molar-refractivity contribution in [3.05, 3.63) is 24.2 Å². The van der Waals surface area contributed by atoms with Gasteiger partial charge in [-0.3, -0.25) is 9.69 Å². The lowest BCUT2D eigenvalue weighted by molar-refractivity contribution is -0.123. The molecule has 5 heteroatoms. The van der Waals surface area contributed by atoms with E-state index in [0.717, 1.165) is 31.4 Å². The Hall–Kier alpha value is -1.33. The highest BCUT2D eigenvalue weighted by molar-refractivity contribution is 5.78. The third-order valence-corrected chi connectivity index (χ3v) is 3.86. The molecule has 0 aromatic carbocycles. The van der Waals surface area contributed by atoms with Gasteiger partial charge in [-0.05, 0) is 38.9 Å². The van der Waals surface area contributed by atoms with Crippen molar-refractivity contribution < 1.29 is 14.3 Å². The number of likely N-dealkylation sites (N-methyl/N-ethyl adjacent to an activating group) is 1. The van der Waals surface area contributed by atoms with E-state index < -0.39 is 5.60 Å². The number of aliphatic hydroxyl groups is 1. The minimum Gasteiger partial charge on any atom is -0.467 e. The molecule has 1 amide bonds. The highest BCUT2D eigenvalue weighted by Crippen LogP contribution is 2.29. The third-order valence-electron chi connectivity index (χ3n) is 3.86. The molecule has 0 radical (unpaired) electrons. The Balaban J connectivity index is 1.76. The summed E-state index contributed by atoms with van der Waals surface area (Å²) in [5.41, 5.74) is -0.609. The zero-order valence-electron chi connectivity index (χ0n) is 12.3. The van der Waals surface area contributed by atoms with Gasteiger partial charge in [-0.1, -0.05) is 12.8 Å². The van der Waals surface area contributed by atoms with Gasteiger partial charge in [-0.15, -0.1) is 0 Å². The summed E-state index contributed by atoms with van der Waals surface area (Å²) in [6, 6.07) is 3.51. The minimum atomic E-state index is -0.609. The highest BCUT2D eigenvalue weighted by atomic mass is 16.3. The third kappa shape index (κ3) is 4.08. The molecule has 1 aliphatic carbocycles. The van der Waals surface area contributed by atoms with Crippen LogP contribution < -0.4 is 5.32 Å². The first-order chi connectivity index (χ1) is 9.48.